The minimum absolute atomic E-state index is 0.0139. The molecule has 5 heteroatoms. The van der Waals surface area contributed by atoms with E-state index in [4.69, 9.17) is 5.11 Å². The largest absolute Gasteiger partial charge is 0.396 e. The first-order chi connectivity index (χ1) is 10.0. The van der Waals surface area contributed by atoms with Crippen LogP contribution in [0.4, 0.5) is 0 Å². The Labute approximate surface area is 124 Å². The van der Waals surface area contributed by atoms with Gasteiger partial charge in [0.1, 0.15) is 5.82 Å². The smallest absolute Gasteiger partial charge is 0.220 e. The van der Waals surface area contributed by atoms with Gasteiger partial charge in [-0.05, 0) is 31.4 Å². The summed E-state index contributed by atoms with van der Waals surface area (Å²) in [6, 6.07) is 5.98. The molecule has 0 saturated carbocycles. The van der Waals surface area contributed by atoms with Gasteiger partial charge in [0.05, 0.1) is 11.0 Å². The summed E-state index contributed by atoms with van der Waals surface area (Å²) in [4.78, 5) is 19.7. The Hall–Kier alpha value is -1.88. The number of amides is 1. The van der Waals surface area contributed by atoms with Gasteiger partial charge in [-0.3, -0.25) is 4.79 Å². The fourth-order valence-electron chi connectivity index (χ4n) is 2.20. The van der Waals surface area contributed by atoms with Gasteiger partial charge in [0, 0.05) is 25.5 Å². The maximum atomic E-state index is 11.9. The number of aromatic nitrogens is 2. The van der Waals surface area contributed by atoms with Crippen molar-refractivity contribution in [3.05, 3.63) is 29.6 Å². The van der Waals surface area contributed by atoms with Crippen molar-refractivity contribution in [1.29, 1.82) is 0 Å². The minimum atomic E-state index is -0.0274. The van der Waals surface area contributed by atoms with Gasteiger partial charge in [-0.2, -0.15) is 0 Å². The summed E-state index contributed by atoms with van der Waals surface area (Å²) in [5.74, 6) is 0.875. The van der Waals surface area contributed by atoms with Crippen LogP contribution in [0.2, 0.25) is 0 Å². The van der Waals surface area contributed by atoms with E-state index in [0.717, 1.165) is 22.4 Å². The van der Waals surface area contributed by atoms with Crippen molar-refractivity contribution in [2.75, 3.05) is 6.61 Å². The summed E-state index contributed by atoms with van der Waals surface area (Å²) >= 11 is 0. The lowest BCUT2D eigenvalue weighted by molar-refractivity contribution is -0.122. The molecule has 2 atom stereocenters. The summed E-state index contributed by atoms with van der Waals surface area (Å²) in [7, 11) is 0. The molecule has 1 heterocycles. The number of imidazole rings is 1. The van der Waals surface area contributed by atoms with E-state index in [1.165, 1.54) is 0 Å². The molecular weight excluding hydrogens is 266 g/mol. The molecule has 1 aromatic carbocycles. The average Bonchev–Trinajstić information content (AvgIpc) is 2.88. The SMILES string of the molecule is Cc1cccc2[nH]c(CCC(=O)NC(C)C(C)CO)nc12. The summed E-state index contributed by atoms with van der Waals surface area (Å²) < 4.78 is 0. The molecule has 2 rings (SSSR count). The fourth-order valence-corrected chi connectivity index (χ4v) is 2.20. The lowest BCUT2D eigenvalue weighted by atomic mass is 10.1. The number of para-hydroxylation sites is 1. The minimum Gasteiger partial charge on any atom is -0.396 e. The molecule has 114 valence electrons. The Morgan fingerprint density at radius 3 is 2.86 bits per heavy atom. The number of hydrogen-bond donors (Lipinski definition) is 3. The van der Waals surface area contributed by atoms with E-state index in [1.807, 2.05) is 39.0 Å². The molecule has 3 N–H and O–H groups in total. The van der Waals surface area contributed by atoms with Crippen LogP contribution in [0.3, 0.4) is 0 Å². The molecule has 2 unspecified atom stereocenters. The number of aliphatic hydroxyl groups excluding tert-OH is 1. The van der Waals surface area contributed by atoms with Gasteiger partial charge in [0.25, 0.3) is 0 Å². The first kappa shape index (κ1) is 15.5. The van der Waals surface area contributed by atoms with Gasteiger partial charge in [-0.25, -0.2) is 4.98 Å². The summed E-state index contributed by atoms with van der Waals surface area (Å²) in [5.41, 5.74) is 3.10. The number of fused-ring (bicyclic) bond motifs is 1. The number of nitrogens with one attached hydrogen (secondary N) is 2. The standard InChI is InChI=1S/C16H23N3O2/c1-10-5-4-6-13-16(10)19-14(18-13)7-8-15(21)17-12(3)11(2)9-20/h4-6,11-12,20H,7-9H2,1-3H3,(H,17,21)(H,18,19). The Bertz CT molecular complexity index is 621. The van der Waals surface area contributed by atoms with Crippen molar-refractivity contribution in [2.45, 2.75) is 39.7 Å². The van der Waals surface area contributed by atoms with Crippen molar-refractivity contribution in [3.8, 4) is 0 Å². The van der Waals surface area contributed by atoms with Crippen molar-refractivity contribution >= 4 is 16.9 Å². The topological polar surface area (TPSA) is 78.0 Å². The number of hydrogen-bond acceptors (Lipinski definition) is 3. The van der Waals surface area contributed by atoms with Crippen LogP contribution in [0.5, 0.6) is 0 Å². The van der Waals surface area contributed by atoms with E-state index in [0.29, 0.717) is 12.8 Å². The number of nitrogens with zero attached hydrogens (tertiary/aromatic N) is 1. The third-order valence-corrected chi connectivity index (χ3v) is 3.88. The van der Waals surface area contributed by atoms with Crippen LogP contribution in [0.1, 0.15) is 31.7 Å². The maximum Gasteiger partial charge on any atom is 0.220 e. The average molecular weight is 289 g/mol. The normalized spacial score (nSPS) is 14.1. The van der Waals surface area contributed by atoms with Crippen LogP contribution in [-0.2, 0) is 11.2 Å². The Morgan fingerprint density at radius 2 is 2.19 bits per heavy atom. The summed E-state index contributed by atoms with van der Waals surface area (Å²) in [6.45, 7) is 5.91. The third-order valence-electron chi connectivity index (χ3n) is 3.88. The van der Waals surface area contributed by atoms with Gasteiger partial charge < -0.3 is 15.4 Å². The molecule has 1 aromatic heterocycles. The monoisotopic (exact) mass is 289 g/mol. The molecular formula is C16H23N3O2. The molecule has 1 amide bonds. The van der Waals surface area contributed by atoms with E-state index < -0.39 is 0 Å². The maximum absolute atomic E-state index is 11.9. The van der Waals surface area contributed by atoms with Crippen LogP contribution >= 0.6 is 0 Å². The lowest BCUT2D eigenvalue weighted by Crippen LogP contribution is -2.38. The lowest BCUT2D eigenvalue weighted by Gasteiger charge is -2.18. The van der Waals surface area contributed by atoms with Crippen LogP contribution in [0.25, 0.3) is 11.0 Å². The Balaban J connectivity index is 1.92. The molecule has 0 aliphatic carbocycles. The van der Waals surface area contributed by atoms with Gasteiger partial charge in [-0.1, -0.05) is 19.1 Å². The molecule has 0 aliphatic rings. The molecule has 0 bridgehead atoms. The molecule has 0 radical (unpaired) electrons. The van der Waals surface area contributed by atoms with Crippen molar-refractivity contribution in [1.82, 2.24) is 15.3 Å². The molecule has 0 saturated heterocycles. The summed E-state index contributed by atoms with van der Waals surface area (Å²) in [5, 5.41) is 12.0. The molecule has 0 spiro atoms. The highest BCUT2D eigenvalue weighted by Gasteiger charge is 2.14. The fraction of sp³-hybridized carbons (Fsp3) is 0.500. The molecule has 2 aromatic rings. The van der Waals surface area contributed by atoms with Gasteiger partial charge in [0.15, 0.2) is 0 Å². The van der Waals surface area contributed by atoms with Gasteiger partial charge in [-0.15, -0.1) is 0 Å². The predicted octanol–water partition coefficient (Wildman–Crippen LogP) is 1.94. The highest BCUT2D eigenvalue weighted by molar-refractivity contribution is 5.79. The molecule has 21 heavy (non-hydrogen) atoms. The number of rotatable bonds is 6. The highest BCUT2D eigenvalue weighted by Crippen LogP contribution is 2.16. The van der Waals surface area contributed by atoms with E-state index in [9.17, 15) is 4.79 Å². The molecule has 0 fully saturated rings. The second-order valence-electron chi connectivity index (χ2n) is 5.67. The number of benzene rings is 1. The highest BCUT2D eigenvalue weighted by atomic mass is 16.3. The van der Waals surface area contributed by atoms with Crippen LogP contribution in [0.15, 0.2) is 18.2 Å². The zero-order valence-corrected chi connectivity index (χ0v) is 12.8. The van der Waals surface area contributed by atoms with E-state index in [1.54, 1.807) is 0 Å². The number of H-pyrrole nitrogens is 1. The third kappa shape index (κ3) is 3.82. The van der Waals surface area contributed by atoms with Crippen molar-refractivity contribution in [2.24, 2.45) is 5.92 Å². The van der Waals surface area contributed by atoms with Gasteiger partial charge >= 0.3 is 0 Å². The van der Waals surface area contributed by atoms with E-state index >= 15 is 0 Å². The number of carbonyl (C=O) groups is 1. The van der Waals surface area contributed by atoms with Gasteiger partial charge in [0.2, 0.25) is 5.91 Å². The van der Waals surface area contributed by atoms with Crippen molar-refractivity contribution in [3.63, 3.8) is 0 Å². The van der Waals surface area contributed by atoms with Crippen LogP contribution < -0.4 is 5.32 Å². The number of aryl methyl sites for hydroxylation is 2. The number of aliphatic hydroxyl groups is 1. The van der Waals surface area contributed by atoms with Crippen LogP contribution in [0, 0.1) is 12.8 Å². The zero-order valence-electron chi connectivity index (χ0n) is 12.8. The van der Waals surface area contributed by atoms with Crippen LogP contribution in [-0.4, -0.2) is 33.6 Å². The predicted molar refractivity (Wildman–Crippen MR) is 83.0 cm³/mol. The molecule has 0 aliphatic heterocycles. The number of aromatic amines is 1. The second-order valence-corrected chi connectivity index (χ2v) is 5.67. The Morgan fingerprint density at radius 1 is 1.43 bits per heavy atom. The summed E-state index contributed by atoms with van der Waals surface area (Å²) in [6.07, 6.45) is 0.974. The first-order valence-electron chi connectivity index (χ1n) is 7.35. The van der Waals surface area contributed by atoms with E-state index in [2.05, 4.69) is 15.3 Å². The first-order valence-corrected chi connectivity index (χ1v) is 7.35. The molecule has 5 nitrogen and oxygen atoms in total. The van der Waals surface area contributed by atoms with E-state index in [-0.39, 0.29) is 24.5 Å². The van der Waals surface area contributed by atoms with Crippen molar-refractivity contribution < 1.29 is 9.90 Å². The Kier molecular flexibility index (Phi) is 4.96. The quantitative estimate of drug-likeness (QED) is 0.760. The second kappa shape index (κ2) is 6.72. The number of carbonyl (C=O) groups excluding carboxylic acids is 1. The zero-order chi connectivity index (χ0) is 15.4.